The highest BCUT2D eigenvalue weighted by molar-refractivity contribution is 14.0. The van der Waals surface area contributed by atoms with Gasteiger partial charge in [-0.1, -0.05) is 12.1 Å². The fraction of sp³-hybridized carbons (Fsp3) is 0.333. The Labute approximate surface area is 170 Å². The maximum Gasteiger partial charge on any atom is 0.231 e. The molecular formula is C18H23IN4O3. The van der Waals surface area contributed by atoms with Crippen LogP contribution in [-0.2, 0) is 13.0 Å². The molecule has 8 heteroatoms. The van der Waals surface area contributed by atoms with E-state index in [-0.39, 0.29) is 24.0 Å². The molecular weight excluding hydrogens is 447 g/mol. The maximum atomic E-state index is 5.40. The van der Waals surface area contributed by atoms with E-state index < -0.39 is 0 Å². The first-order chi connectivity index (χ1) is 12.3. The zero-order chi connectivity index (χ0) is 17.5. The zero-order valence-electron chi connectivity index (χ0n) is 14.8. The average Bonchev–Trinajstić information content (AvgIpc) is 3.12. The lowest BCUT2D eigenvalue weighted by Crippen LogP contribution is -2.37. The fourth-order valence-electron chi connectivity index (χ4n) is 2.56. The minimum absolute atomic E-state index is 0. The number of benzene rings is 1. The van der Waals surface area contributed by atoms with E-state index in [1.165, 1.54) is 5.56 Å². The number of methoxy groups -OCH3 is 1. The van der Waals surface area contributed by atoms with Crippen LogP contribution in [0.15, 0.2) is 41.5 Å². The Morgan fingerprint density at radius 1 is 1.23 bits per heavy atom. The fourth-order valence-corrected chi connectivity index (χ4v) is 2.56. The van der Waals surface area contributed by atoms with Crippen molar-refractivity contribution in [2.24, 2.45) is 4.99 Å². The summed E-state index contributed by atoms with van der Waals surface area (Å²) in [6, 6.07) is 9.86. The number of aliphatic imine (C=N–C) groups is 1. The quantitative estimate of drug-likeness (QED) is 0.384. The predicted octanol–water partition coefficient (Wildman–Crippen LogP) is 2.34. The van der Waals surface area contributed by atoms with Gasteiger partial charge in [-0.25, -0.2) is 4.98 Å². The van der Waals surface area contributed by atoms with Crippen LogP contribution >= 0.6 is 24.0 Å². The normalized spacial score (nSPS) is 12.3. The van der Waals surface area contributed by atoms with Gasteiger partial charge >= 0.3 is 0 Å². The molecule has 1 aromatic carbocycles. The lowest BCUT2D eigenvalue weighted by molar-refractivity contribution is 0.174. The van der Waals surface area contributed by atoms with Gasteiger partial charge in [-0.05, 0) is 30.2 Å². The number of guanidine groups is 1. The summed E-state index contributed by atoms with van der Waals surface area (Å²) >= 11 is 0. The number of nitrogens with one attached hydrogen (secondary N) is 2. The molecule has 7 nitrogen and oxygen atoms in total. The molecule has 2 aromatic rings. The standard InChI is InChI=1S/C18H22N4O3.HI/c1-19-18(22-11-14-4-3-8-20-17(14)23-2)21-9-7-13-5-6-15-16(10-13)25-12-24-15;/h3-6,8,10H,7,9,11-12H2,1-2H3,(H2,19,21,22);1H. The Bertz CT molecular complexity index is 755. The van der Waals surface area contributed by atoms with Gasteiger partial charge in [0.15, 0.2) is 17.5 Å². The lowest BCUT2D eigenvalue weighted by atomic mass is 10.1. The average molecular weight is 470 g/mol. The molecule has 1 aliphatic heterocycles. The number of nitrogens with zero attached hydrogens (tertiary/aromatic N) is 2. The Balaban J connectivity index is 0.00000243. The van der Waals surface area contributed by atoms with Crippen molar-refractivity contribution in [3.63, 3.8) is 0 Å². The van der Waals surface area contributed by atoms with E-state index in [0.29, 0.717) is 19.2 Å². The molecule has 0 spiro atoms. The van der Waals surface area contributed by atoms with Crippen LogP contribution in [-0.4, -0.2) is 38.4 Å². The van der Waals surface area contributed by atoms with Gasteiger partial charge in [-0.15, -0.1) is 24.0 Å². The summed E-state index contributed by atoms with van der Waals surface area (Å²) in [5.74, 6) is 2.96. The van der Waals surface area contributed by atoms with E-state index in [4.69, 9.17) is 14.2 Å². The van der Waals surface area contributed by atoms with Crippen molar-refractivity contribution in [3.05, 3.63) is 47.7 Å². The minimum atomic E-state index is 0. The second kappa shape index (κ2) is 10.0. The molecule has 0 bridgehead atoms. The highest BCUT2D eigenvalue weighted by atomic mass is 127. The Hall–Kier alpha value is -2.23. The second-order valence-electron chi connectivity index (χ2n) is 5.46. The van der Waals surface area contributed by atoms with Crippen LogP contribution in [0, 0.1) is 0 Å². The summed E-state index contributed by atoms with van der Waals surface area (Å²) in [5, 5.41) is 6.56. The van der Waals surface area contributed by atoms with Crippen molar-refractivity contribution < 1.29 is 14.2 Å². The highest BCUT2D eigenvalue weighted by Crippen LogP contribution is 2.32. The van der Waals surface area contributed by atoms with Gasteiger partial charge in [-0.2, -0.15) is 0 Å². The predicted molar refractivity (Wildman–Crippen MR) is 111 cm³/mol. The van der Waals surface area contributed by atoms with Crippen LogP contribution in [0.25, 0.3) is 0 Å². The second-order valence-corrected chi connectivity index (χ2v) is 5.46. The number of aromatic nitrogens is 1. The van der Waals surface area contributed by atoms with Gasteiger partial charge in [0.25, 0.3) is 0 Å². The van der Waals surface area contributed by atoms with E-state index in [1.54, 1.807) is 20.4 Å². The monoisotopic (exact) mass is 470 g/mol. The topological polar surface area (TPSA) is 77.0 Å². The number of hydrogen-bond donors (Lipinski definition) is 2. The van der Waals surface area contributed by atoms with E-state index in [0.717, 1.165) is 36.0 Å². The van der Waals surface area contributed by atoms with Crippen molar-refractivity contribution in [3.8, 4) is 17.4 Å². The molecule has 0 aliphatic carbocycles. The zero-order valence-corrected chi connectivity index (χ0v) is 17.2. The van der Waals surface area contributed by atoms with Gasteiger partial charge in [-0.3, -0.25) is 4.99 Å². The third-order valence-electron chi connectivity index (χ3n) is 3.86. The first-order valence-corrected chi connectivity index (χ1v) is 8.11. The molecule has 26 heavy (non-hydrogen) atoms. The largest absolute Gasteiger partial charge is 0.481 e. The smallest absolute Gasteiger partial charge is 0.231 e. The van der Waals surface area contributed by atoms with Gasteiger partial charge in [0.05, 0.1) is 7.11 Å². The Morgan fingerprint density at radius 2 is 2.08 bits per heavy atom. The van der Waals surface area contributed by atoms with E-state index in [2.05, 4.69) is 20.6 Å². The molecule has 0 atom stereocenters. The van der Waals surface area contributed by atoms with E-state index >= 15 is 0 Å². The van der Waals surface area contributed by atoms with E-state index in [9.17, 15) is 0 Å². The molecule has 0 amide bonds. The van der Waals surface area contributed by atoms with Crippen molar-refractivity contribution in [1.29, 1.82) is 0 Å². The molecule has 0 radical (unpaired) electrons. The summed E-state index contributed by atoms with van der Waals surface area (Å²) in [6.07, 6.45) is 2.56. The maximum absolute atomic E-state index is 5.40. The summed E-state index contributed by atoms with van der Waals surface area (Å²) in [4.78, 5) is 8.42. The molecule has 0 fully saturated rings. The number of rotatable bonds is 6. The van der Waals surface area contributed by atoms with E-state index in [1.807, 2.05) is 30.3 Å². The van der Waals surface area contributed by atoms with Crippen molar-refractivity contribution in [1.82, 2.24) is 15.6 Å². The third kappa shape index (κ3) is 5.13. The summed E-state index contributed by atoms with van der Waals surface area (Å²) in [7, 11) is 3.36. The summed E-state index contributed by atoms with van der Waals surface area (Å²) < 4.78 is 16.0. The lowest BCUT2D eigenvalue weighted by Gasteiger charge is -2.13. The van der Waals surface area contributed by atoms with Gasteiger partial charge in [0, 0.05) is 31.9 Å². The van der Waals surface area contributed by atoms with Crippen LogP contribution in [0.1, 0.15) is 11.1 Å². The first kappa shape index (κ1) is 20.1. The molecule has 0 saturated carbocycles. The number of fused-ring (bicyclic) bond motifs is 1. The van der Waals surface area contributed by atoms with Gasteiger partial charge in [0.2, 0.25) is 12.7 Å². The highest BCUT2D eigenvalue weighted by Gasteiger charge is 2.13. The van der Waals surface area contributed by atoms with Crippen molar-refractivity contribution >= 4 is 29.9 Å². The van der Waals surface area contributed by atoms with Crippen LogP contribution in [0.4, 0.5) is 0 Å². The molecule has 2 N–H and O–H groups in total. The molecule has 0 saturated heterocycles. The van der Waals surface area contributed by atoms with Gasteiger partial charge < -0.3 is 24.8 Å². The first-order valence-electron chi connectivity index (χ1n) is 8.11. The molecule has 2 heterocycles. The minimum Gasteiger partial charge on any atom is -0.481 e. The van der Waals surface area contributed by atoms with Crippen LogP contribution in [0.3, 0.4) is 0 Å². The Kier molecular flexibility index (Phi) is 7.76. The van der Waals surface area contributed by atoms with Crippen LogP contribution in [0.5, 0.6) is 17.4 Å². The molecule has 1 aliphatic rings. The molecule has 1 aromatic heterocycles. The van der Waals surface area contributed by atoms with Crippen LogP contribution in [0.2, 0.25) is 0 Å². The Morgan fingerprint density at radius 3 is 2.88 bits per heavy atom. The van der Waals surface area contributed by atoms with Crippen LogP contribution < -0.4 is 24.8 Å². The van der Waals surface area contributed by atoms with Gasteiger partial charge in [0.1, 0.15) is 0 Å². The molecule has 140 valence electrons. The number of halogens is 1. The molecule has 3 rings (SSSR count). The SMILES string of the molecule is CN=C(NCCc1ccc2c(c1)OCO2)NCc1cccnc1OC.I. The van der Waals surface area contributed by atoms with Crippen molar-refractivity contribution in [2.75, 3.05) is 27.5 Å². The number of pyridine rings is 1. The van der Waals surface area contributed by atoms with Crippen molar-refractivity contribution in [2.45, 2.75) is 13.0 Å². The molecule has 0 unspecified atom stereocenters. The summed E-state index contributed by atoms with van der Waals surface area (Å²) in [6.45, 7) is 1.63. The third-order valence-corrected chi connectivity index (χ3v) is 3.86. The number of ether oxygens (including phenoxy) is 3. The number of hydrogen-bond acceptors (Lipinski definition) is 5. The summed E-state index contributed by atoms with van der Waals surface area (Å²) in [5.41, 5.74) is 2.16.